The third-order valence-corrected chi connectivity index (χ3v) is 3.29. The van der Waals surface area contributed by atoms with Gasteiger partial charge in [0.1, 0.15) is 5.69 Å². The summed E-state index contributed by atoms with van der Waals surface area (Å²) in [6.07, 6.45) is 1.48. The SMILES string of the molecule is NC(=O)c1cc(NC(=O)[C@H]2CCCC(F)(F)C2)ccn1. The molecule has 20 heavy (non-hydrogen) atoms. The number of hydrogen-bond donors (Lipinski definition) is 2. The van der Waals surface area contributed by atoms with E-state index < -0.39 is 30.1 Å². The first-order valence-electron chi connectivity index (χ1n) is 6.32. The van der Waals surface area contributed by atoms with E-state index in [2.05, 4.69) is 10.3 Å². The van der Waals surface area contributed by atoms with E-state index in [4.69, 9.17) is 5.73 Å². The zero-order valence-corrected chi connectivity index (χ0v) is 10.7. The van der Waals surface area contributed by atoms with E-state index in [1.165, 1.54) is 18.3 Å². The average Bonchev–Trinajstić information content (AvgIpc) is 2.37. The lowest BCUT2D eigenvalue weighted by Crippen LogP contribution is -2.33. The molecule has 5 nitrogen and oxygen atoms in total. The van der Waals surface area contributed by atoms with E-state index >= 15 is 0 Å². The van der Waals surface area contributed by atoms with Crippen molar-refractivity contribution in [2.24, 2.45) is 11.7 Å². The predicted octanol–water partition coefficient (Wildman–Crippen LogP) is 1.94. The summed E-state index contributed by atoms with van der Waals surface area (Å²) in [6.45, 7) is 0. The van der Waals surface area contributed by atoms with Crippen molar-refractivity contribution in [2.45, 2.75) is 31.6 Å². The Labute approximate surface area is 114 Å². The van der Waals surface area contributed by atoms with Crippen molar-refractivity contribution in [1.82, 2.24) is 4.98 Å². The smallest absolute Gasteiger partial charge is 0.267 e. The van der Waals surface area contributed by atoms with Gasteiger partial charge in [-0.25, -0.2) is 8.78 Å². The van der Waals surface area contributed by atoms with Gasteiger partial charge in [0, 0.05) is 30.6 Å². The molecule has 3 N–H and O–H groups in total. The Bertz CT molecular complexity index is 534. The normalized spacial score (nSPS) is 21.2. The van der Waals surface area contributed by atoms with Gasteiger partial charge in [0.2, 0.25) is 11.8 Å². The minimum Gasteiger partial charge on any atom is -0.364 e. The van der Waals surface area contributed by atoms with Gasteiger partial charge in [0.05, 0.1) is 0 Å². The summed E-state index contributed by atoms with van der Waals surface area (Å²) in [7, 11) is 0. The molecular weight excluding hydrogens is 268 g/mol. The van der Waals surface area contributed by atoms with E-state index in [1.54, 1.807) is 0 Å². The second-order valence-corrected chi connectivity index (χ2v) is 4.93. The number of carbonyl (C=O) groups is 2. The van der Waals surface area contributed by atoms with Gasteiger partial charge in [-0.3, -0.25) is 14.6 Å². The van der Waals surface area contributed by atoms with Gasteiger partial charge in [-0.1, -0.05) is 0 Å². The third kappa shape index (κ3) is 3.49. The molecule has 108 valence electrons. The Kier molecular flexibility index (Phi) is 3.96. The number of aromatic nitrogens is 1. The quantitative estimate of drug-likeness (QED) is 0.889. The summed E-state index contributed by atoms with van der Waals surface area (Å²) in [5, 5.41) is 2.52. The zero-order valence-electron chi connectivity index (χ0n) is 10.7. The molecule has 7 heteroatoms. The highest BCUT2D eigenvalue weighted by Gasteiger charge is 2.39. The number of alkyl halides is 2. The van der Waals surface area contributed by atoms with Crippen LogP contribution in [0.4, 0.5) is 14.5 Å². The maximum Gasteiger partial charge on any atom is 0.267 e. The first-order chi connectivity index (χ1) is 9.37. The van der Waals surface area contributed by atoms with Crippen molar-refractivity contribution in [3.8, 4) is 0 Å². The summed E-state index contributed by atoms with van der Waals surface area (Å²) in [5.41, 5.74) is 5.42. The number of hydrogen-bond acceptors (Lipinski definition) is 3. The van der Waals surface area contributed by atoms with Crippen LogP contribution in [0.25, 0.3) is 0 Å². The summed E-state index contributed by atoms with van der Waals surface area (Å²) in [4.78, 5) is 26.7. The van der Waals surface area contributed by atoms with Gasteiger partial charge in [-0.2, -0.15) is 0 Å². The molecule has 0 spiro atoms. The van der Waals surface area contributed by atoms with Crippen molar-refractivity contribution in [3.63, 3.8) is 0 Å². The number of anilines is 1. The fourth-order valence-corrected chi connectivity index (χ4v) is 2.28. The number of primary amides is 1. The monoisotopic (exact) mass is 283 g/mol. The third-order valence-electron chi connectivity index (χ3n) is 3.29. The highest BCUT2D eigenvalue weighted by atomic mass is 19.3. The van der Waals surface area contributed by atoms with Crippen LogP contribution in [0.2, 0.25) is 0 Å². The number of halogens is 2. The molecule has 0 bridgehead atoms. The fourth-order valence-electron chi connectivity index (χ4n) is 2.28. The maximum absolute atomic E-state index is 13.3. The molecule has 1 heterocycles. The first kappa shape index (κ1) is 14.4. The maximum atomic E-state index is 13.3. The molecule has 1 aliphatic carbocycles. The Balaban J connectivity index is 2.04. The van der Waals surface area contributed by atoms with Crippen molar-refractivity contribution < 1.29 is 18.4 Å². The Morgan fingerprint density at radius 2 is 2.20 bits per heavy atom. The number of amides is 2. The molecule has 1 aromatic heterocycles. The van der Waals surface area contributed by atoms with Crippen molar-refractivity contribution in [3.05, 3.63) is 24.0 Å². The summed E-state index contributed by atoms with van der Waals surface area (Å²) < 4.78 is 26.5. The van der Waals surface area contributed by atoms with Gasteiger partial charge in [-0.05, 0) is 25.0 Å². The molecule has 1 aliphatic rings. The Hall–Kier alpha value is -2.05. The number of nitrogens with one attached hydrogen (secondary N) is 1. The van der Waals surface area contributed by atoms with E-state index in [0.717, 1.165) is 0 Å². The molecule has 1 atom stereocenters. The van der Waals surface area contributed by atoms with Crippen LogP contribution in [0.1, 0.15) is 36.2 Å². The lowest BCUT2D eigenvalue weighted by Gasteiger charge is -2.27. The number of carbonyl (C=O) groups excluding carboxylic acids is 2. The van der Waals surface area contributed by atoms with Crippen LogP contribution in [0, 0.1) is 5.92 Å². The van der Waals surface area contributed by atoms with Gasteiger partial charge in [-0.15, -0.1) is 0 Å². The Morgan fingerprint density at radius 1 is 1.45 bits per heavy atom. The minimum absolute atomic E-state index is 0.0109. The molecule has 0 unspecified atom stereocenters. The average molecular weight is 283 g/mol. The van der Waals surface area contributed by atoms with E-state index in [1.807, 2.05) is 0 Å². The lowest BCUT2D eigenvalue weighted by molar-refractivity contribution is -0.127. The topological polar surface area (TPSA) is 85.1 Å². The van der Waals surface area contributed by atoms with Crippen molar-refractivity contribution >= 4 is 17.5 Å². The van der Waals surface area contributed by atoms with Crippen LogP contribution in [0.3, 0.4) is 0 Å². The molecule has 0 aromatic carbocycles. The highest BCUT2D eigenvalue weighted by molar-refractivity contribution is 5.95. The first-order valence-corrected chi connectivity index (χ1v) is 6.32. The summed E-state index contributed by atoms with van der Waals surface area (Å²) >= 11 is 0. The van der Waals surface area contributed by atoms with Crippen LogP contribution >= 0.6 is 0 Å². The predicted molar refractivity (Wildman–Crippen MR) is 68.3 cm³/mol. The van der Waals surface area contributed by atoms with Crippen molar-refractivity contribution in [1.29, 1.82) is 0 Å². The number of nitrogens with two attached hydrogens (primary N) is 1. The molecule has 1 saturated carbocycles. The summed E-state index contributed by atoms with van der Waals surface area (Å²) in [6, 6.07) is 2.80. The molecule has 2 rings (SSSR count). The largest absolute Gasteiger partial charge is 0.364 e. The number of nitrogens with zero attached hydrogens (tertiary/aromatic N) is 1. The van der Waals surface area contributed by atoms with E-state index in [-0.39, 0.29) is 12.1 Å². The molecule has 1 fully saturated rings. The molecule has 1 aromatic rings. The molecule has 0 saturated heterocycles. The second kappa shape index (κ2) is 5.52. The molecule has 2 amide bonds. The molecular formula is C13H15F2N3O2. The van der Waals surface area contributed by atoms with Gasteiger partial charge in [0.25, 0.3) is 5.91 Å². The highest BCUT2D eigenvalue weighted by Crippen LogP contribution is 2.37. The van der Waals surface area contributed by atoms with Crippen molar-refractivity contribution in [2.75, 3.05) is 5.32 Å². The van der Waals surface area contributed by atoms with Crippen LogP contribution in [0.15, 0.2) is 18.3 Å². The number of pyridine rings is 1. The van der Waals surface area contributed by atoms with Crippen LogP contribution in [-0.4, -0.2) is 22.7 Å². The van der Waals surface area contributed by atoms with E-state index in [9.17, 15) is 18.4 Å². The van der Waals surface area contributed by atoms with Gasteiger partial charge < -0.3 is 11.1 Å². The molecule has 0 aliphatic heterocycles. The fraction of sp³-hybridized carbons (Fsp3) is 0.462. The van der Waals surface area contributed by atoms with Crippen LogP contribution in [0.5, 0.6) is 0 Å². The summed E-state index contributed by atoms with van der Waals surface area (Å²) in [5.74, 6) is -4.68. The second-order valence-electron chi connectivity index (χ2n) is 4.93. The van der Waals surface area contributed by atoms with E-state index in [0.29, 0.717) is 18.5 Å². The lowest BCUT2D eigenvalue weighted by atomic mass is 9.86. The molecule has 0 radical (unpaired) electrons. The van der Waals surface area contributed by atoms with Crippen LogP contribution in [-0.2, 0) is 4.79 Å². The Morgan fingerprint density at radius 3 is 2.85 bits per heavy atom. The van der Waals surface area contributed by atoms with Crippen LogP contribution < -0.4 is 11.1 Å². The van der Waals surface area contributed by atoms with Gasteiger partial charge in [0.15, 0.2) is 0 Å². The van der Waals surface area contributed by atoms with Gasteiger partial charge >= 0.3 is 0 Å². The minimum atomic E-state index is -2.78. The number of rotatable bonds is 3. The zero-order chi connectivity index (χ0) is 14.8. The standard InChI is InChI=1S/C13H15F2N3O2/c14-13(15)4-1-2-8(7-13)12(20)18-9-3-5-17-10(6-9)11(16)19/h3,5-6,8H,1-2,4,7H2,(H2,16,19)(H,17,18,20)/t8-/m0/s1.